The van der Waals surface area contributed by atoms with Gasteiger partial charge in [-0.3, -0.25) is 0 Å². The normalized spacial score (nSPS) is 11.7. The Bertz CT molecular complexity index is 620. The monoisotopic (exact) mass is 308 g/mol. The highest BCUT2D eigenvalue weighted by Crippen LogP contribution is 2.33. The van der Waals surface area contributed by atoms with E-state index in [0.29, 0.717) is 0 Å². The fraction of sp³-hybridized carbons (Fsp3) is 0.478. The molecule has 2 aromatic rings. The third-order valence-corrected chi connectivity index (χ3v) is 4.93. The lowest BCUT2D eigenvalue weighted by Crippen LogP contribution is -2.23. The summed E-state index contributed by atoms with van der Waals surface area (Å²) in [6.45, 7) is 11.7. The van der Waals surface area contributed by atoms with Crippen molar-refractivity contribution in [3.8, 4) is 0 Å². The second-order valence-electron chi connectivity index (χ2n) is 7.42. The first-order valence-corrected chi connectivity index (χ1v) is 9.15. The summed E-state index contributed by atoms with van der Waals surface area (Å²) >= 11 is 0. The van der Waals surface area contributed by atoms with Crippen molar-refractivity contribution in [1.29, 1.82) is 0 Å². The number of benzene rings is 2. The van der Waals surface area contributed by atoms with E-state index in [1.807, 2.05) is 0 Å². The van der Waals surface area contributed by atoms with Gasteiger partial charge in [0.1, 0.15) is 0 Å². The van der Waals surface area contributed by atoms with Gasteiger partial charge in [0.05, 0.1) is 0 Å². The molecule has 0 nitrogen and oxygen atoms in total. The van der Waals surface area contributed by atoms with Crippen LogP contribution >= 0.6 is 0 Å². The molecule has 0 heteroatoms. The molecule has 0 heterocycles. The summed E-state index contributed by atoms with van der Waals surface area (Å²) in [6.07, 6.45) is 5.95. The molecule has 23 heavy (non-hydrogen) atoms. The Hall–Kier alpha value is -1.56. The third kappa shape index (κ3) is 4.25. The van der Waals surface area contributed by atoms with Crippen LogP contribution in [0.2, 0.25) is 0 Å². The molecule has 0 N–H and O–H groups in total. The van der Waals surface area contributed by atoms with Crippen molar-refractivity contribution in [2.75, 3.05) is 0 Å². The average Bonchev–Trinajstić information content (AvgIpc) is 2.51. The van der Waals surface area contributed by atoms with Crippen LogP contribution in [0.25, 0.3) is 0 Å². The molecule has 0 bridgehead atoms. The second kappa shape index (κ2) is 7.81. The van der Waals surface area contributed by atoms with E-state index in [-0.39, 0.29) is 5.41 Å². The van der Waals surface area contributed by atoms with Crippen LogP contribution in [0.1, 0.15) is 68.4 Å². The first-order valence-electron chi connectivity index (χ1n) is 9.15. The van der Waals surface area contributed by atoms with Crippen LogP contribution in [0.3, 0.4) is 0 Å². The Balaban J connectivity index is 2.39. The van der Waals surface area contributed by atoms with Gasteiger partial charge in [0.2, 0.25) is 0 Å². The summed E-state index contributed by atoms with van der Waals surface area (Å²) in [7, 11) is 0. The van der Waals surface area contributed by atoms with Crippen LogP contribution in [0.5, 0.6) is 0 Å². The summed E-state index contributed by atoms with van der Waals surface area (Å²) in [5.74, 6) is 0. The first-order chi connectivity index (χ1) is 11.0. The maximum absolute atomic E-state index is 2.39. The van der Waals surface area contributed by atoms with Crippen molar-refractivity contribution in [1.82, 2.24) is 0 Å². The Labute approximate surface area is 143 Å². The van der Waals surface area contributed by atoms with E-state index < -0.39 is 0 Å². The highest BCUT2D eigenvalue weighted by Gasteiger charge is 2.24. The van der Waals surface area contributed by atoms with Crippen LogP contribution in [-0.4, -0.2) is 0 Å². The Kier molecular flexibility index (Phi) is 6.04. The molecule has 0 aliphatic heterocycles. The molecule has 0 saturated heterocycles. The number of hydrogen-bond donors (Lipinski definition) is 0. The number of hydrogen-bond acceptors (Lipinski definition) is 0. The standard InChI is InChI=1S/C23H32/c1-6-11-20-15-16-22(18(3)21(20)12-7-2)23(4,5)17-19-13-9-8-10-14-19/h8-10,13-16H,6-7,11-12,17H2,1-5H3. The molecule has 0 aliphatic carbocycles. The molecule has 0 radical (unpaired) electrons. The van der Waals surface area contributed by atoms with E-state index in [0.717, 1.165) is 6.42 Å². The molecule has 0 atom stereocenters. The highest BCUT2D eigenvalue weighted by atomic mass is 14.3. The van der Waals surface area contributed by atoms with Gasteiger partial charge >= 0.3 is 0 Å². The van der Waals surface area contributed by atoms with Gasteiger partial charge in [0.25, 0.3) is 0 Å². The van der Waals surface area contributed by atoms with Gasteiger partial charge in [0, 0.05) is 0 Å². The van der Waals surface area contributed by atoms with Crippen molar-refractivity contribution < 1.29 is 0 Å². The fourth-order valence-electron chi connectivity index (χ4n) is 3.85. The van der Waals surface area contributed by atoms with Crippen molar-refractivity contribution in [2.24, 2.45) is 0 Å². The quantitative estimate of drug-likeness (QED) is 0.553. The molecule has 0 spiro atoms. The Morgan fingerprint density at radius 3 is 2.09 bits per heavy atom. The molecular weight excluding hydrogens is 276 g/mol. The number of rotatable bonds is 7. The summed E-state index contributed by atoms with van der Waals surface area (Å²) < 4.78 is 0. The summed E-state index contributed by atoms with van der Waals surface area (Å²) in [5.41, 5.74) is 7.80. The van der Waals surface area contributed by atoms with E-state index in [2.05, 4.69) is 77.1 Å². The zero-order chi connectivity index (χ0) is 16.9. The summed E-state index contributed by atoms with van der Waals surface area (Å²) in [4.78, 5) is 0. The molecule has 124 valence electrons. The van der Waals surface area contributed by atoms with Gasteiger partial charge in [-0.05, 0) is 59.4 Å². The SMILES string of the molecule is CCCc1ccc(C(C)(C)Cc2ccccc2)c(C)c1CCC. The van der Waals surface area contributed by atoms with Crippen LogP contribution in [0.15, 0.2) is 42.5 Å². The van der Waals surface area contributed by atoms with E-state index in [1.165, 1.54) is 42.4 Å². The zero-order valence-electron chi connectivity index (χ0n) is 15.6. The molecule has 0 amide bonds. The molecule has 0 aliphatic rings. The van der Waals surface area contributed by atoms with Crippen LogP contribution in [0, 0.1) is 6.92 Å². The smallest absolute Gasteiger partial charge is 0.00605 e. The van der Waals surface area contributed by atoms with Gasteiger partial charge in [-0.2, -0.15) is 0 Å². The lowest BCUT2D eigenvalue weighted by atomic mass is 9.75. The molecule has 0 aromatic heterocycles. The topological polar surface area (TPSA) is 0 Å². The molecule has 0 unspecified atom stereocenters. The van der Waals surface area contributed by atoms with Crippen molar-refractivity contribution >= 4 is 0 Å². The maximum atomic E-state index is 2.39. The highest BCUT2D eigenvalue weighted by molar-refractivity contribution is 5.44. The molecular formula is C23H32. The average molecular weight is 309 g/mol. The van der Waals surface area contributed by atoms with Crippen molar-refractivity contribution in [3.05, 3.63) is 70.3 Å². The zero-order valence-corrected chi connectivity index (χ0v) is 15.6. The van der Waals surface area contributed by atoms with Crippen LogP contribution < -0.4 is 0 Å². The van der Waals surface area contributed by atoms with Crippen LogP contribution in [0.4, 0.5) is 0 Å². The lowest BCUT2D eigenvalue weighted by Gasteiger charge is -2.29. The predicted octanol–water partition coefficient (Wildman–Crippen LogP) is 6.42. The number of aryl methyl sites for hydroxylation is 1. The van der Waals surface area contributed by atoms with E-state index in [9.17, 15) is 0 Å². The first kappa shape index (κ1) is 17.8. The minimum Gasteiger partial charge on any atom is -0.0651 e. The molecule has 0 fully saturated rings. The third-order valence-electron chi connectivity index (χ3n) is 4.93. The molecule has 2 aromatic carbocycles. The predicted molar refractivity (Wildman–Crippen MR) is 102 cm³/mol. The van der Waals surface area contributed by atoms with E-state index in [4.69, 9.17) is 0 Å². The maximum Gasteiger partial charge on any atom is -0.00605 e. The second-order valence-corrected chi connectivity index (χ2v) is 7.42. The van der Waals surface area contributed by atoms with Crippen molar-refractivity contribution in [3.63, 3.8) is 0 Å². The molecule has 2 rings (SSSR count). The fourth-order valence-corrected chi connectivity index (χ4v) is 3.85. The Morgan fingerprint density at radius 1 is 0.826 bits per heavy atom. The minimum atomic E-state index is 0.165. The van der Waals surface area contributed by atoms with E-state index >= 15 is 0 Å². The summed E-state index contributed by atoms with van der Waals surface area (Å²) in [5, 5.41) is 0. The largest absolute Gasteiger partial charge is 0.0651 e. The van der Waals surface area contributed by atoms with Gasteiger partial charge in [-0.1, -0.05) is 83.0 Å². The van der Waals surface area contributed by atoms with Crippen molar-refractivity contribution in [2.45, 2.75) is 72.1 Å². The lowest BCUT2D eigenvalue weighted by molar-refractivity contribution is 0.518. The minimum absolute atomic E-state index is 0.165. The van der Waals surface area contributed by atoms with Gasteiger partial charge in [-0.15, -0.1) is 0 Å². The van der Waals surface area contributed by atoms with Crippen LogP contribution in [-0.2, 0) is 24.7 Å². The summed E-state index contributed by atoms with van der Waals surface area (Å²) in [6, 6.07) is 15.7. The van der Waals surface area contributed by atoms with Gasteiger partial charge in [-0.25, -0.2) is 0 Å². The Morgan fingerprint density at radius 2 is 1.48 bits per heavy atom. The van der Waals surface area contributed by atoms with Gasteiger partial charge in [0.15, 0.2) is 0 Å². The van der Waals surface area contributed by atoms with Gasteiger partial charge < -0.3 is 0 Å². The molecule has 0 saturated carbocycles. The van der Waals surface area contributed by atoms with E-state index in [1.54, 1.807) is 11.1 Å².